The monoisotopic (exact) mass is 360 g/mol. The topological polar surface area (TPSA) is 69.2 Å². The number of likely N-dealkylation sites (tertiary alicyclic amines) is 1. The summed E-state index contributed by atoms with van der Waals surface area (Å²) in [7, 11) is 3.12. The number of hydrogen-bond acceptors (Lipinski definition) is 3. The van der Waals surface area contributed by atoms with Gasteiger partial charge >= 0.3 is 5.69 Å². The second kappa shape index (κ2) is 6.78. The maximum absolute atomic E-state index is 13.3. The third kappa shape index (κ3) is 2.89. The maximum atomic E-state index is 13.3. The zero-order valence-electron chi connectivity index (χ0n) is 16.3. The standard InChI is InChI=1S/C19H28N4O3/c1-6-7-23-15(18(25)22-10-12(2)8-13(3)11-22)9-14-16(23)20(4)19(26)21(5)17(14)24/h9,12-13H,6-8,10-11H2,1-5H3/t12-,13-/m0/s1. The number of aromatic nitrogens is 3. The van der Waals surface area contributed by atoms with Crippen LogP contribution in [0, 0.1) is 11.8 Å². The number of aryl methyl sites for hydroxylation is 2. The van der Waals surface area contributed by atoms with E-state index in [1.165, 1.54) is 11.6 Å². The highest BCUT2D eigenvalue weighted by atomic mass is 16.2. The first kappa shape index (κ1) is 18.5. The lowest BCUT2D eigenvalue weighted by Crippen LogP contribution is -2.43. The van der Waals surface area contributed by atoms with Crippen molar-refractivity contribution in [1.82, 2.24) is 18.6 Å². The molecule has 3 rings (SSSR count). The number of carbonyl (C=O) groups excluding carboxylic acids is 1. The van der Waals surface area contributed by atoms with Crippen molar-refractivity contribution in [3.8, 4) is 0 Å². The normalized spacial score (nSPS) is 20.7. The summed E-state index contributed by atoms with van der Waals surface area (Å²) in [4.78, 5) is 40.1. The van der Waals surface area contributed by atoms with Crippen molar-refractivity contribution in [3.63, 3.8) is 0 Å². The molecule has 2 aromatic heterocycles. The summed E-state index contributed by atoms with van der Waals surface area (Å²) in [5, 5.41) is 0.421. The summed E-state index contributed by atoms with van der Waals surface area (Å²) < 4.78 is 4.40. The summed E-state index contributed by atoms with van der Waals surface area (Å²) in [5.74, 6) is 0.871. The Morgan fingerprint density at radius 3 is 2.31 bits per heavy atom. The zero-order chi connectivity index (χ0) is 19.2. The van der Waals surface area contributed by atoms with Crippen LogP contribution in [-0.2, 0) is 20.6 Å². The van der Waals surface area contributed by atoms with Crippen molar-refractivity contribution in [1.29, 1.82) is 0 Å². The van der Waals surface area contributed by atoms with E-state index in [-0.39, 0.29) is 17.2 Å². The van der Waals surface area contributed by atoms with Gasteiger partial charge in [0.25, 0.3) is 11.5 Å². The highest BCUT2D eigenvalue weighted by molar-refractivity contribution is 5.98. The molecule has 7 heteroatoms. The van der Waals surface area contributed by atoms with Crippen molar-refractivity contribution in [2.24, 2.45) is 25.9 Å². The summed E-state index contributed by atoms with van der Waals surface area (Å²) in [6.45, 7) is 8.39. The lowest BCUT2D eigenvalue weighted by molar-refractivity contribution is 0.0612. The molecule has 1 fully saturated rings. The van der Waals surface area contributed by atoms with Gasteiger partial charge < -0.3 is 9.47 Å². The summed E-state index contributed by atoms with van der Waals surface area (Å²) in [6, 6.07) is 1.67. The first-order chi connectivity index (χ1) is 12.3. The van der Waals surface area contributed by atoms with E-state index in [1.54, 1.807) is 13.1 Å². The molecule has 1 aliphatic heterocycles. The minimum absolute atomic E-state index is 0.0532. The number of hydrogen-bond donors (Lipinski definition) is 0. The van der Waals surface area contributed by atoms with Gasteiger partial charge in [-0.05, 0) is 30.7 Å². The van der Waals surface area contributed by atoms with Crippen molar-refractivity contribution < 1.29 is 4.79 Å². The first-order valence-electron chi connectivity index (χ1n) is 9.34. The molecule has 0 saturated carbocycles. The largest absolute Gasteiger partial charge is 0.337 e. The van der Waals surface area contributed by atoms with Crippen LogP contribution in [0.25, 0.3) is 11.0 Å². The van der Waals surface area contributed by atoms with Gasteiger partial charge in [0.05, 0.1) is 5.39 Å². The number of fused-ring (bicyclic) bond motifs is 1. The molecule has 0 aromatic carbocycles. The van der Waals surface area contributed by atoms with Gasteiger partial charge in [-0.2, -0.15) is 0 Å². The van der Waals surface area contributed by atoms with Gasteiger partial charge in [-0.25, -0.2) is 4.79 Å². The van der Waals surface area contributed by atoms with E-state index in [2.05, 4.69) is 13.8 Å². The third-order valence-electron chi connectivity index (χ3n) is 5.32. The van der Waals surface area contributed by atoms with Gasteiger partial charge in [0.1, 0.15) is 11.3 Å². The Bertz CT molecular complexity index is 956. The fourth-order valence-electron chi connectivity index (χ4n) is 4.26. The molecule has 1 aliphatic rings. The van der Waals surface area contributed by atoms with Crippen LogP contribution in [0.3, 0.4) is 0 Å². The highest BCUT2D eigenvalue weighted by Crippen LogP contribution is 2.24. The van der Waals surface area contributed by atoms with E-state index < -0.39 is 0 Å². The first-order valence-corrected chi connectivity index (χ1v) is 9.34. The highest BCUT2D eigenvalue weighted by Gasteiger charge is 2.29. The summed E-state index contributed by atoms with van der Waals surface area (Å²) in [6.07, 6.45) is 1.93. The molecule has 0 bridgehead atoms. The minimum Gasteiger partial charge on any atom is -0.337 e. The van der Waals surface area contributed by atoms with Crippen molar-refractivity contribution in [2.45, 2.75) is 40.2 Å². The van der Waals surface area contributed by atoms with E-state index >= 15 is 0 Å². The molecular weight excluding hydrogens is 332 g/mol. The van der Waals surface area contributed by atoms with Crippen molar-refractivity contribution >= 4 is 16.9 Å². The molecular formula is C19H28N4O3. The van der Waals surface area contributed by atoms with Gasteiger partial charge in [0.15, 0.2) is 0 Å². The maximum Gasteiger partial charge on any atom is 0.332 e. The van der Waals surface area contributed by atoms with Crippen LogP contribution in [0.15, 0.2) is 15.7 Å². The molecule has 2 atom stereocenters. The average molecular weight is 360 g/mol. The predicted molar refractivity (Wildman–Crippen MR) is 102 cm³/mol. The lowest BCUT2D eigenvalue weighted by Gasteiger charge is -2.35. The van der Waals surface area contributed by atoms with E-state index in [0.717, 1.165) is 30.5 Å². The quantitative estimate of drug-likeness (QED) is 0.834. The van der Waals surface area contributed by atoms with Crippen molar-refractivity contribution in [3.05, 3.63) is 32.6 Å². The molecule has 0 spiro atoms. The van der Waals surface area contributed by atoms with E-state index in [9.17, 15) is 14.4 Å². The smallest absolute Gasteiger partial charge is 0.332 e. The Morgan fingerprint density at radius 2 is 1.73 bits per heavy atom. The molecule has 0 radical (unpaired) electrons. The van der Waals surface area contributed by atoms with E-state index in [0.29, 0.717) is 35.1 Å². The zero-order valence-corrected chi connectivity index (χ0v) is 16.3. The summed E-state index contributed by atoms with van der Waals surface area (Å²) in [5.41, 5.74) is 0.299. The predicted octanol–water partition coefficient (Wildman–Crippen LogP) is 1.57. The van der Waals surface area contributed by atoms with Gasteiger partial charge in [0.2, 0.25) is 0 Å². The SMILES string of the molecule is CCCn1c(C(=O)N2C[C@@H](C)C[C@H](C)C2)cc2c(=O)n(C)c(=O)n(C)c21. The van der Waals surface area contributed by atoms with Crippen LogP contribution < -0.4 is 11.2 Å². The Labute approximate surface area is 152 Å². The lowest BCUT2D eigenvalue weighted by atomic mass is 9.92. The van der Waals surface area contributed by atoms with Crippen LogP contribution in [0.1, 0.15) is 44.1 Å². The molecule has 142 valence electrons. The summed E-state index contributed by atoms with van der Waals surface area (Å²) >= 11 is 0. The number of nitrogens with zero attached hydrogens (tertiary/aromatic N) is 4. The average Bonchev–Trinajstić information content (AvgIpc) is 2.96. The van der Waals surface area contributed by atoms with Gasteiger partial charge in [-0.15, -0.1) is 0 Å². The molecule has 0 unspecified atom stereocenters. The molecule has 26 heavy (non-hydrogen) atoms. The van der Waals surface area contributed by atoms with Crippen LogP contribution in [0.5, 0.6) is 0 Å². The molecule has 0 N–H and O–H groups in total. The van der Waals surface area contributed by atoms with Gasteiger partial charge in [0, 0.05) is 33.7 Å². The molecule has 1 saturated heterocycles. The minimum atomic E-state index is -0.378. The number of rotatable bonds is 3. The Balaban J connectivity index is 2.20. The van der Waals surface area contributed by atoms with E-state index in [4.69, 9.17) is 0 Å². The fourth-order valence-corrected chi connectivity index (χ4v) is 4.26. The molecule has 2 aromatic rings. The van der Waals surface area contributed by atoms with Crippen molar-refractivity contribution in [2.75, 3.05) is 13.1 Å². The van der Waals surface area contributed by atoms with Crippen LogP contribution in [0.4, 0.5) is 0 Å². The fraction of sp³-hybridized carbons (Fsp3) is 0.632. The number of carbonyl (C=O) groups is 1. The number of piperidine rings is 1. The molecule has 1 amide bonds. The second-order valence-electron chi connectivity index (χ2n) is 7.78. The van der Waals surface area contributed by atoms with Crippen LogP contribution >= 0.6 is 0 Å². The van der Waals surface area contributed by atoms with Gasteiger partial charge in [-0.3, -0.25) is 18.7 Å². The Morgan fingerprint density at radius 1 is 1.12 bits per heavy atom. The Hall–Kier alpha value is -2.31. The Kier molecular flexibility index (Phi) is 4.82. The molecule has 3 heterocycles. The molecule has 0 aliphatic carbocycles. The van der Waals surface area contributed by atoms with Crippen LogP contribution in [-0.4, -0.2) is 37.6 Å². The third-order valence-corrected chi connectivity index (χ3v) is 5.32. The second-order valence-corrected chi connectivity index (χ2v) is 7.78. The van der Waals surface area contributed by atoms with Gasteiger partial charge in [-0.1, -0.05) is 20.8 Å². The number of amides is 1. The van der Waals surface area contributed by atoms with Crippen LogP contribution in [0.2, 0.25) is 0 Å². The van der Waals surface area contributed by atoms with E-state index in [1.807, 2.05) is 16.4 Å². The molecule has 7 nitrogen and oxygen atoms in total.